The zero-order valence-corrected chi connectivity index (χ0v) is 12.4. The number of aryl methyl sites for hydroxylation is 2. The Hall–Kier alpha value is -0.860. The van der Waals surface area contributed by atoms with Crippen molar-refractivity contribution in [2.75, 3.05) is 0 Å². The van der Waals surface area contributed by atoms with Crippen LogP contribution in [0.1, 0.15) is 67.7 Å². The number of rotatable bonds is 5. The maximum Gasteiger partial charge on any atom is 0.0460 e. The molecular weight excluding hydrogens is 232 g/mol. The minimum absolute atomic E-state index is 0.307. The molecule has 3 N–H and O–H groups in total. The van der Waals surface area contributed by atoms with Crippen molar-refractivity contribution in [1.82, 2.24) is 5.43 Å². The first-order valence-electron chi connectivity index (χ1n) is 7.74. The van der Waals surface area contributed by atoms with E-state index in [0.29, 0.717) is 6.04 Å². The predicted octanol–water partition coefficient (Wildman–Crippen LogP) is 4.17. The maximum atomic E-state index is 5.76. The molecule has 19 heavy (non-hydrogen) atoms. The highest BCUT2D eigenvalue weighted by Gasteiger charge is 2.17. The summed E-state index contributed by atoms with van der Waals surface area (Å²) in [6.45, 7) is 4.33. The molecular formula is C17H28N2. The molecule has 1 saturated carbocycles. The van der Waals surface area contributed by atoms with Gasteiger partial charge >= 0.3 is 0 Å². The minimum Gasteiger partial charge on any atom is -0.271 e. The zero-order chi connectivity index (χ0) is 13.7. The van der Waals surface area contributed by atoms with E-state index >= 15 is 0 Å². The predicted molar refractivity (Wildman–Crippen MR) is 81.8 cm³/mol. The van der Waals surface area contributed by atoms with Crippen molar-refractivity contribution < 1.29 is 0 Å². The van der Waals surface area contributed by atoms with Gasteiger partial charge in [0.05, 0.1) is 0 Å². The largest absolute Gasteiger partial charge is 0.271 e. The molecule has 1 atom stereocenters. The monoisotopic (exact) mass is 260 g/mol. The van der Waals surface area contributed by atoms with Crippen LogP contribution in [-0.2, 0) is 0 Å². The molecule has 1 aromatic rings. The van der Waals surface area contributed by atoms with E-state index in [9.17, 15) is 0 Å². The zero-order valence-electron chi connectivity index (χ0n) is 12.4. The van der Waals surface area contributed by atoms with Gasteiger partial charge in [-0.2, -0.15) is 0 Å². The highest BCUT2D eigenvalue weighted by molar-refractivity contribution is 5.31. The summed E-state index contributed by atoms with van der Waals surface area (Å²) in [6, 6.07) is 7.01. The van der Waals surface area contributed by atoms with Crippen LogP contribution in [0.3, 0.4) is 0 Å². The fraction of sp³-hybridized carbons (Fsp3) is 0.647. The molecule has 0 heterocycles. The summed E-state index contributed by atoms with van der Waals surface area (Å²) in [5, 5.41) is 0. The molecule has 1 fully saturated rings. The summed E-state index contributed by atoms with van der Waals surface area (Å²) < 4.78 is 0. The lowest BCUT2D eigenvalue weighted by atomic mass is 9.84. The molecule has 0 amide bonds. The third-order valence-corrected chi connectivity index (χ3v) is 4.72. The molecule has 0 aromatic heterocycles. The van der Waals surface area contributed by atoms with E-state index in [4.69, 9.17) is 5.84 Å². The van der Waals surface area contributed by atoms with Crippen molar-refractivity contribution in [3.8, 4) is 0 Å². The Kier molecular flexibility index (Phi) is 5.41. The van der Waals surface area contributed by atoms with Crippen molar-refractivity contribution in [2.45, 2.75) is 64.8 Å². The fourth-order valence-corrected chi connectivity index (χ4v) is 3.21. The first-order valence-corrected chi connectivity index (χ1v) is 7.74. The van der Waals surface area contributed by atoms with Gasteiger partial charge in [-0.05, 0) is 49.3 Å². The number of hydrogen-bond acceptors (Lipinski definition) is 2. The van der Waals surface area contributed by atoms with Crippen molar-refractivity contribution in [2.24, 2.45) is 11.8 Å². The Morgan fingerprint density at radius 2 is 1.89 bits per heavy atom. The van der Waals surface area contributed by atoms with Crippen LogP contribution in [0.2, 0.25) is 0 Å². The molecule has 1 aliphatic rings. The molecule has 0 spiro atoms. The number of nitrogens with two attached hydrogens (primary N) is 1. The topological polar surface area (TPSA) is 38.0 Å². The van der Waals surface area contributed by atoms with Crippen LogP contribution in [0.15, 0.2) is 18.2 Å². The second kappa shape index (κ2) is 7.06. The van der Waals surface area contributed by atoms with Crippen molar-refractivity contribution in [1.29, 1.82) is 0 Å². The number of hydrazine groups is 1. The van der Waals surface area contributed by atoms with Crippen molar-refractivity contribution in [3.63, 3.8) is 0 Å². The Labute approximate surface area is 117 Å². The normalized spacial score (nSPS) is 18.5. The van der Waals surface area contributed by atoms with Gasteiger partial charge in [-0.25, -0.2) is 0 Å². The number of benzene rings is 1. The first-order chi connectivity index (χ1) is 9.20. The SMILES string of the molecule is Cc1ccc(C(CCC2CCCCC2)NN)cc1C. The standard InChI is InChI=1S/C17H28N2/c1-13-8-10-16(12-14(13)2)17(19-18)11-9-15-6-4-3-5-7-15/h8,10,12,15,17,19H,3-7,9,11,18H2,1-2H3. The lowest BCUT2D eigenvalue weighted by Gasteiger charge is -2.24. The van der Waals surface area contributed by atoms with Gasteiger partial charge in [-0.15, -0.1) is 0 Å². The first kappa shape index (κ1) is 14.5. The van der Waals surface area contributed by atoms with Crippen molar-refractivity contribution >= 4 is 0 Å². The van der Waals surface area contributed by atoms with Gasteiger partial charge < -0.3 is 0 Å². The molecule has 0 bridgehead atoms. The summed E-state index contributed by atoms with van der Waals surface area (Å²) >= 11 is 0. The van der Waals surface area contributed by atoms with E-state index in [2.05, 4.69) is 37.5 Å². The van der Waals surface area contributed by atoms with E-state index in [1.54, 1.807) is 0 Å². The van der Waals surface area contributed by atoms with E-state index in [-0.39, 0.29) is 0 Å². The van der Waals surface area contributed by atoms with Gasteiger partial charge in [0.25, 0.3) is 0 Å². The second-order valence-corrected chi connectivity index (χ2v) is 6.14. The molecule has 0 radical (unpaired) electrons. The Morgan fingerprint density at radius 3 is 2.53 bits per heavy atom. The quantitative estimate of drug-likeness (QED) is 0.616. The van der Waals surface area contributed by atoms with E-state index in [0.717, 1.165) is 12.3 Å². The summed E-state index contributed by atoms with van der Waals surface area (Å²) in [4.78, 5) is 0. The van der Waals surface area contributed by atoms with Gasteiger partial charge in [0.2, 0.25) is 0 Å². The summed E-state index contributed by atoms with van der Waals surface area (Å²) in [5.41, 5.74) is 7.05. The summed E-state index contributed by atoms with van der Waals surface area (Å²) in [6.07, 6.45) is 9.59. The van der Waals surface area contributed by atoms with Crippen LogP contribution in [0, 0.1) is 19.8 Å². The third kappa shape index (κ3) is 4.05. The fourth-order valence-electron chi connectivity index (χ4n) is 3.21. The molecule has 2 heteroatoms. The van der Waals surface area contributed by atoms with Gasteiger partial charge in [0.15, 0.2) is 0 Å². The van der Waals surface area contributed by atoms with E-state index in [1.165, 1.54) is 55.2 Å². The van der Waals surface area contributed by atoms with Gasteiger partial charge in [-0.1, -0.05) is 50.3 Å². The average Bonchev–Trinajstić information content (AvgIpc) is 2.44. The van der Waals surface area contributed by atoms with E-state index < -0.39 is 0 Å². The lowest BCUT2D eigenvalue weighted by molar-refractivity contribution is 0.315. The van der Waals surface area contributed by atoms with Crippen LogP contribution in [-0.4, -0.2) is 0 Å². The van der Waals surface area contributed by atoms with Crippen molar-refractivity contribution in [3.05, 3.63) is 34.9 Å². The molecule has 2 nitrogen and oxygen atoms in total. The third-order valence-electron chi connectivity index (χ3n) is 4.72. The lowest BCUT2D eigenvalue weighted by Crippen LogP contribution is -2.28. The number of hydrogen-bond donors (Lipinski definition) is 2. The van der Waals surface area contributed by atoms with Crippen LogP contribution in [0.5, 0.6) is 0 Å². The maximum absolute atomic E-state index is 5.76. The average molecular weight is 260 g/mol. The summed E-state index contributed by atoms with van der Waals surface area (Å²) in [7, 11) is 0. The van der Waals surface area contributed by atoms with Crippen LogP contribution in [0.4, 0.5) is 0 Å². The van der Waals surface area contributed by atoms with Gasteiger partial charge in [-0.3, -0.25) is 11.3 Å². The van der Waals surface area contributed by atoms with Crippen LogP contribution < -0.4 is 11.3 Å². The molecule has 2 rings (SSSR count). The molecule has 1 unspecified atom stereocenters. The smallest absolute Gasteiger partial charge is 0.0460 e. The molecule has 1 aromatic carbocycles. The molecule has 0 aliphatic heterocycles. The van der Waals surface area contributed by atoms with E-state index in [1.807, 2.05) is 0 Å². The highest BCUT2D eigenvalue weighted by atomic mass is 15.2. The number of nitrogens with one attached hydrogen (secondary N) is 1. The summed E-state index contributed by atoms with van der Waals surface area (Å²) in [5.74, 6) is 6.69. The Bertz CT molecular complexity index is 394. The second-order valence-electron chi connectivity index (χ2n) is 6.14. The Balaban J connectivity index is 1.93. The molecule has 106 valence electrons. The van der Waals surface area contributed by atoms with Crippen LogP contribution in [0.25, 0.3) is 0 Å². The van der Waals surface area contributed by atoms with Gasteiger partial charge in [0.1, 0.15) is 0 Å². The molecule has 0 saturated heterocycles. The Morgan fingerprint density at radius 1 is 1.16 bits per heavy atom. The highest BCUT2D eigenvalue weighted by Crippen LogP contribution is 2.30. The van der Waals surface area contributed by atoms with Crippen LogP contribution >= 0.6 is 0 Å². The molecule has 1 aliphatic carbocycles. The minimum atomic E-state index is 0.307. The van der Waals surface area contributed by atoms with Gasteiger partial charge in [0, 0.05) is 6.04 Å².